The van der Waals surface area contributed by atoms with Crippen molar-refractivity contribution in [1.82, 2.24) is 10.7 Å². The van der Waals surface area contributed by atoms with Gasteiger partial charge in [0, 0.05) is 6.54 Å². The van der Waals surface area contributed by atoms with Crippen LogP contribution in [-0.2, 0) is 0 Å². The number of rotatable bonds is 6. The second-order valence-corrected chi connectivity index (χ2v) is 5.05. The Morgan fingerprint density at radius 3 is 2.53 bits per heavy atom. The lowest BCUT2D eigenvalue weighted by molar-refractivity contribution is 0.691. The first kappa shape index (κ1) is 15.6. The molecule has 1 rings (SSSR count). The van der Waals surface area contributed by atoms with Crippen LogP contribution in [0, 0.1) is 6.92 Å². The van der Waals surface area contributed by atoms with Gasteiger partial charge >= 0.3 is 0 Å². The zero-order chi connectivity index (χ0) is 14.1. The monoisotopic (exact) mass is 277 g/mol. The summed E-state index contributed by atoms with van der Waals surface area (Å²) >= 11 is 5.16. The first-order valence-corrected chi connectivity index (χ1v) is 7.19. The maximum atomic E-state index is 5.16. The van der Waals surface area contributed by atoms with Crippen molar-refractivity contribution in [3.8, 4) is 0 Å². The van der Waals surface area contributed by atoms with Gasteiger partial charge in [0.2, 0.25) is 0 Å². The van der Waals surface area contributed by atoms with Gasteiger partial charge in [-0.1, -0.05) is 49.6 Å². The van der Waals surface area contributed by atoms with Crippen molar-refractivity contribution < 1.29 is 0 Å². The molecule has 0 spiro atoms. The van der Waals surface area contributed by atoms with Gasteiger partial charge in [-0.2, -0.15) is 5.10 Å². The summed E-state index contributed by atoms with van der Waals surface area (Å²) in [6.07, 6.45) is 3.58. The molecule has 0 saturated heterocycles. The van der Waals surface area contributed by atoms with Crippen LogP contribution in [0.4, 0.5) is 0 Å². The third-order valence-electron chi connectivity index (χ3n) is 2.86. The number of nitrogens with one attached hydrogen (secondary N) is 2. The molecule has 0 fully saturated rings. The van der Waals surface area contributed by atoms with E-state index in [4.69, 9.17) is 12.2 Å². The fraction of sp³-hybridized carbons (Fsp3) is 0.467. The van der Waals surface area contributed by atoms with E-state index >= 15 is 0 Å². The Hall–Kier alpha value is -1.42. The molecule has 0 aliphatic rings. The molecule has 104 valence electrons. The molecule has 0 heterocycles. The van der Waals surface area contributed by atoms with E-state index in [-0.39, 0.29) is 0 Å². The molecule has 2 N–H and O–H groups in total. The predicted molar refractivity (Wildman–Crippen MR) is 86.7 cm³/mol. The first-order valence-electron chi connectivity index (χ1n) is 6.78. The molecule has 19 heavy (non-hydrogen) atoms. The summed E-state index contributed by atoms with van der Waals surface area (Å²) in [7, 11) is 0. The number of aryl methyl sites for hydroxylation is 1. The Morgan fingerprint density at radius 1 is 1.21 bits per heavy atom. The Bertz CT molecular complexity index is 424. The van der Waals surface area contributed by atoms with E-state index in [2.05, 4.69) is 54.0 Å². The number of benzene rings is 1. The average Bonchev–Trinajstić information content (AvgIpc) is 2.42. The lowest BCUT2D eigenvalue weighted by atomic mass is 10.1. The van der Waals surface area contributed by atoms with E-state index in [0.717, 1.165) is 24.2 Å². The van der Waals surface area contributed by atoms with Gasteiger partial charge in [-0.15, -0.1) is 0 Å². The van der Waals surface area contributed by atoms with Crippen LogP contribution in [0.3, 0.4) is 0 Å². The van der Waals surface area contributed by atoms with Crippen LogP contribution in [0.5, 0.6) is 0 Å². The SMILES string of the molecule is CCCCCNC(=S)N/N=C(/C)c1ccc(C)cc1. The van der Waals surface area contributed by atoms with Crippen molar-refractivity contribution in [2.75, 3.05) is 6.54 Å². The topological polar surface area (TPSA) is 36.4 Å². The van der Waals surface area contributed by atoms with Gasteiger partial charge in [-0.05, 0) is 38.0 Å². The maximum Gasteiger partial charge on any atom is 0.186 e. The van der Waals surface area contributed by atoms with Gasteiger partial charge < -0.3 is 5.32 Å². The van der Waals surface area contributed by atoms with E-state index in [0.29, 0.717) is 5.11 Å². The number of hydrazone groups is 1. The van der Waals surface area contributed by atoms with E-state index in [1.165, 1.54) is 18.4 Å². The molecule has 0 aliphatic heterocycles. The number of unbranched alkanes of at least 4 members (excludes halogenated alkanes) is 2. The summed E-state index contributed by atoms with van der Waals surface area (Å²) < 4.78 is 0. The van der Waals surface area contributed by atoms with Gasteiger partial charge in [-0.3, -0.25) is 5.43 Å². The van der Waals surface area contributed by atoms with Gasteiger partial charge in [0.25, 0.3) is 0 Å². The molecule has 0 bridgehead atoms. The first-order chi connectivity index (χ1) is 9.13. The zero-order valence-electron chi connectivity index (χ0n) is 12.0. The summed E-state index contributed by atoms with van der Waals surface area (Å²) in [5.41, 5.74) is 6.16. The van der Waals surface area contributed by atoms with E-state index in [9.17, 15) is 0 Å². The van der Waals surface area contributed by atoms with E-state index in [1.807, 2.05) is 6.92 Å². The highest BCUT2D eigenvalue weighted by Gasteiger charge is 1.98. The number of nitrogens with zero attached hydrogens (tertiary/aromatic N) is 1. The lowest BCUT2D eigenvalue weighted by Crippen LogP contribution is -2.33. The van der Waals surface area contributed by atoms with Crippen molar-refractivity contribution >= 4 is 23.0 Å². The molecule has 4 heteroatoms. The lowest BCUT2D eigenvalue weighted by Gasteiger charge is -2.07. The highest BCUT2D eigenvalue weighted by molar-refractivity contribution is 7.80. The van der Waals surface area contributed by atoms with Crippen LogP contribution in [0.1, 0.15) is 44.2 Å². The molecule has 0 amide bonds. The molecule has 0 aromatic heterocycles. The number of hydrogen-bond donors (Lipinski definition) is 2. The van der Waals surface area contributed by atoms with E-state index in [1.54, 1.807) is 0 Å². The molecule has 0 unspecified atom stereocenters. The summed E-state index contributed by atoms with van der Waals surface area (Å²) in [5.74, 6) is 0. The standard InChI is InChI=1S/C15H23N3S/c1-4-5-6-11-16-15(19)18-17-13(3)14-9-7-12(2)8-10-14/h7-10H,4-6,11H2,1-3H3,(H2,16,18,19)/b17-13-. The van der Waals surface area contributed by atoms with Crippen molar-refractivity contribution in [1.29, 1.82) is 0 Å². The van der Waals surface area contributed by atoms with Gasteiger partial charge in [0.05, 0.1) is 5.71 Å². The smallest absolute Gasteiger partial charge is 0.186 e. The molecule has 0 saturated carbocycles. The third-order valence-corrected chi connectivity index (χ3v) is 3.10. The molecule has 0 radical (unpaired) electrons. The Balaban J connectivity index is 2.38. The second-order valence-electron chi connectivity index (χ2n) is 4.64. The van der Waals surface area contributed by atoms with Gasteiger partial charge in [0.1, 0.15) is 0 Å². The third kappa shape index (κ3) is 6.34. The summed E-state index contributed by atoms with van der Waals surface area (Å²) in [6.45, 7) is 7.13. The van der Waals surface area contributed by atoms with Crippen LogP contribution in [0.2, 0.25) is 0 Å². The number of thiocarbonyl (C=S) groups is 1. The molecule has 1 aromatic carbocycles. The van der Waals surface area contributed by atoms with Crippen molar-refractivity contribution in [3.63, 3.8) is 0 Å². The van der Waals surface area contributed by atoms with Crippen LogP contribution in [0.15, 0.2) is 29.4 Å². The van der Waals surface area contributed by atoms with Crippen LogP contribution in [-0.4, -0.2) is 17.4 Å². The fourth-order valence-corrected chi connectivity index (χ4v) is 1.76. The van der Waals surface area contributed by atoms with Crippen LogP contribution >= 0.6 is 12.2 Å². The van der Waals surface area contributed by atoms with E-state index < -0.39 is 0 Å². The highest BCUT2D eigenvalue weighted by atomic mass is 32.1. The minimum atomic E-state index is 0.586. The quantitative estimate of drug-likeness (QED) is 0.362. The Kier molecular flexibility index (Phi) is 7.11. The largest absolute Gasteiger partial charge is 0.361 e. The molecule has 3 nitrogen and oxygen atoms in total. The number of hydrogen-bond acceptors (Lipinski definition) is 2. The summed E-state index contributed by atoms with van der Waals surface area (Å²) in [4.78, 5) is 0. The van der Waals surface area contributed by atoms with Crippen LogP contribution in [0.25, 0.3) is 0 Å². The summed E-state index contributed by atoms with van der Waals surface area (Å²) in [6, 6.07) is 8.28. The molecular formula is C15H23N3S. The summed E-state index contributed by atoms with van der Waals surface area (Å²) in [5, 5.41) is 8.02. The second kappa shape index (κ2) is 8.64. The maximum absolute atomic E-state index is 5.16. The zero-order valence-corrected chi connectivity index (χ0v) is 12.8. The van der Waals surface area contributed by atoms with Crippen molar-refractivity contribution in [3.05, 3.63) is 35.4 Å². The van der Waals surface area contributed by atoms with Gasteiger partial charge in [0.15, 0.2) is 5.11 Å². The minimum Gasteiger partial charge on any atom is -0.361 e. The van der Waals surface area contributed by atoms with Crippen molar-refractivity contribution in [2.45, 2.75) is 40.0 Å². The molecule has 1 aromatic rings. The molecule has 0 aliphatic carbocycles. The minimum absolute atomic E-state index is 0.586. The molecular weight excluding hydrogens is 254 g/mol. The van der Waals surface area contributed by atoms with Crippen LogP contribution < -0.4 is 10.7 Å². The highest BCUT2D eigenvalue weighted by Crippen LogP contribution is 2.04. The Labute approximate surface area is 121 Å². The predicted octanol–water partition coefficient (Wildman–Crippen LogP) is 3.37. The fourth-order valence-electron chi connectivity index (χ4n) is 1.61. The van der Waals surface area contributed by atoms with Crippen molar-refractivity contribution in [2.24, 2.45) is 5.10 Å². The molecule has 0 atom stereocenters. The Morgan fingerprint density at radius 2 is 1.89 bits per heavy atom. The van der Waals surface area contributed by atoms with Gasteiger partial charge in [-0.25, -0.2) is 0 Å². The normalized spacial score (nSPS) is 11.2. The average molecular weight is 277 g/mol.